The van der Waals surface area contributed by atoms with Gasteiger partial charge in [0, 0.05) is 18.3 Å². The summed E-state index contributed by atoms with van der Waals surface area (Å²) < 4.78 is 0.657. The predicted octanol–water partition coefficient (Wildman–Crippen LogP) is 1.59. The zero-order chi connectivity index (χ0) is 14.0. The number of thiophene rings is 1. The Morgan fingerprint density at radius 2 is 2.37 bits per heavy atom. The molecule has 1 unspecified atom stereocenters. The van der Waals surface area contributed by atoms with E-state index in [0.29, 0.717) is 10.9 Å². The fraction of sp³-hybridized carbons (Fsp3) is 0.364. The number of hydrogen-bond acceptors (Lipinski definition) is 5. The number of amides is 1. The summed E-state index contributed by atoms with van der Waals surface area (Å²) in [5.74, 6) is -1.47. The molecule has 102 valence electrons. The second-order valence-electron chi connectivity index (χ2n) is 4.04. The number of carbonyl (C=O) groups is 2. The van der Waals surface area contributed by atoms with Crippen molar-refractivity contribution in [2.24, 2.45) is 5.16 Å². The van der Waals surface area contributed by atoms with E-state index in [9.17, 15) is 9.59 Å². The van der Waals surface area contributed by atoms with E-state index in [2.05, 4.69) is 5.16 Å². The zero-order valence-electron chi connectivity index (χ0n) is 10.00. The van der Waals surface area contributed by atoms with Crippen molar-refractivity contribution in [2.45, 2.75) is 19.1 Å². The van der Waals surface area contributed by atoms with Gasteiger partial charge in [-0.25, -0.2) is 4.79 Å². The summed E-state index contributed by atoms with van der Waals surface area (Å²) in [5, 5.41) is 12.1. The number of halogens is 1. The van der Waals surface area contributed by atoms with Gasteiger partial charge >= 0.3 is 5.97 Å². The quantitative estimate of drug-likeness (QED) is 0.916. The molecule has 2 rings (SSSR count). The van der Waals surface area contributed by atoms with Gasteiger partial charge in [-0.3, -0.25) is 4.79 Å². The van der Waals surface area contributed by atoms with E-state index in [1.54, 1.807) is 13.1 Å². The van der Waals surface area contributed by atoms with Gasteiger partial charge in [-0.1, -0.05) is 16.8 Å². The Labute approximate surface area is 118 Å². The van der Waals surface area contributed by atoms with Crippen LogP contribution in [0.1, 0.15) is 11.3 Å². The minimum absolute atomic E-state index is 0.0102. The average Bonchev–Trinajstić information content (AvgIpc) is 2.97. The molecule has 1 amide bonds. The Balaban J connectivity index is 1.92. The second kappa shape index (κ2) is 5.58. The van der Waals surface area contributed by atoms with Crippen molar-refractivity contribution in [3.8, 4) is 0 Å². The predicted molar refractivity (Wildman–Crippen MR) is 70.4 cm³/mol. The molecule has 0 saturated heterocycles. The number of carbonyl (C=O) groups excluding carboxylic acids is 1. The number of nitrogens with zero attached hydrogens (tertiary/aromatic N) is 2. The lowest BCUT2D eigenvalue weighted by Gasteiger charge is -2.18. The van der Waals surface area contributed by atoms with Gasteiger partial charge in [0.2, 0.25) is 6.10 Å². The molecule has 19 heavy (non-hydrogen) atoms. The lowest BCUT2D eigenvalue weighted by atomic mass is 10.1. The third-order valence-electron chi connectivity index (χ3n) is 2.59. The van der Waals surface area contributed by atoms with Crippen LogP contribution in [0.2, 0.25) is 4.34 Å². The van der Waals surface area contributed by atoms with E-state index < -0.39 is 12.1 Å². The molecule has 1 aliphatic rings. The molecule has 0 fully saturated rings. The summed E-state index contributed by atoms with van der Waals surface area (Å²) in [6, 6.07) is 3.60. The smallest absolute Gasteiger partial charge is 0.353 e. The van der Waals surface area contributed by atoms with E-state index >= 15 is 0 Å². The molecular formula is C11H11ClN2O4S. The summed E-state index contributed by atoms with van der Waals surface area (Å²) >= 11 is 7.20. The highest BCUT2D eigenvalue weighted by Gasteiger charge is 2.33. The van der Waals surface area contributed by atoms with Crippen molar-refractivity contribution in [3.05, 3.63) is 21.3 Å². The van der Waals surface area contributed by atoms with Crippen LogP contribution in [0.4, 0.5) is 0 Å². The summed E-state index contributed by atoms with van der Waals surface area (Å²) in [7, 11) is 1.62. The minimum atomic E-state index is -1.16. The third-order valence-corrected chi connectivity index (χ3v) is 3.81. The lowest BCUT2D eigenvalue weighted by Crippen LogP contribution is -2.36. The van der Waals surface area contributed by atoms with Gasteiger partial charge in [-0.05, 0) is 12.1 Å². The maximum atomic E-state index is 12.0. The Kier molecular flexibility index (Phi) is 4.06. The maximum Gasteiger partial charge on any atom is 0.353 e. The van der Waals surface area contributed by atoms with Gasteiger partial charge < -0.3 is 14.8 Å². The molecule has 0 aromatic carbocycles. The number of carboxylic acid groups (broad SMARTS) is 1. The largest absolute Gasteiger partial charge is 0.477 e. The zero-order valence-corrected chi connectivity index (χ0v) is 11.6. The summed E-state index contributed by atoms with van der Waals surface area (Å²) in [6.07, 6.45) is -0.865. The molecule has 0 aliphatic carbocycles. The van der Waals surface area contributed by atoms with Gasteiger partial charge in [0.1, 0.15) is 0 Å². The molecule has 0 saturated carbocycles. The fourth-order valence-corrected chi connectivity index (χ4v) is 2.77. The van der Waals surface area contributed by atoms with Crippen LogP contribution >= 0.6 is 22.9 Å². The van der Waals surface area contributed by atoms with E-state index in [1.807, 2.05) is 6.07 Å². The van der Waals surface area contributed by atoms with E-state index in [4.69, 9.17) is 21.5 Å². The van der Waals surface area contributed by atoms with Crippen molar-refractivity contribution in [1.82, 2.24) is 4.90 Å². The van der Waals surface area contributed by atoms with Gasteiger partial charge in [0.15, 0.2) is 5.71 Å². The molecule has 0 bridgehead atoms. The molecule has 8 heteroatoms. The van der Waals surface area contributed by atoms with Crippen LogP contribution in [0.3, 0.4) is 0 Å². The van der Waals surface area contributed by atoms with Gasteiger partial charge in [-0.15, -0.1) is 11.3 Å². The number of oxime groups is 1. The number of likely N-dealkylation sites (N-methyl/N-ethyl adjacent to an activating group) is 1. The third kappa shape index (κ3) is 3.24. The normalized spacial score (nSPS) is 17.8. The van der Waals surface area contributed by atoms with Crippen LogP contribution in [-0.2, 0) is 21.0 Å². The Morgan fingerprint density at radius 1 is 1.63 bits per heavy atom. The SMILES string of the molecule is CN(Cc1ccc(Cl)s1)C(=O)C1CC(C(=O)O)=NO1. The Morgan fingerprint density at radius 3 is 2.89 bits per heavy atom. The minimum Gasteiger partial charge on any atom is -0.477 e. The first-order chi connectivity index (χ1) is 8.97. The topological polar surface area (TPSA) is 79.2 Å². The maximum absolute atomic E-state index is 12.0. The van der Waals surface area contributed by atoms with Crippen LogP contribution in [0.25, 0.3) is 0 Å². The molecule has 0 spiro atoms. The van der Waals surface area contributed by atoms with Crippen molar-refractivity contribution in [3.63, 3.8) is 0 Å². The van der Waals surface area contributed by atoms with Crippen molar-refractivity contribution < 1.29 is 19.5 Å². The molecule has 1 atom stereocenters. The highest BCUT2D eigenvalue weighted by molar-refractivity contribution is 7.16. The fourth-order valence-electron chi connectivity index (χ4n) is 1.63. The summed E-state index contributed by atoms with van der Waals surface area (Å²) in [6.45, 7) is 0.401. The van der Waals surface area contributed by atoms with Crippen LogP contribution in [-0.4, -0.2) is 40.7 Å². The highest BCUT2D eigenvalue weighted by atomic mass is 35.5. The molecule has 1 aromatic rings. The molecule has 1 aliphatic heterocycles. The highest BCUT2D eigenvalue weighted by Crippen LogP contribution is 2.23. The first-order valence-electron chi connectivity index (χ1n) is 5.42. The number of rotatable bonds is 4. The van der Waals surface area contributed by atoms with Crippen LogP contribution < -0.4 is 0 Å². The molecular weight excluding hydrogens is 292 g/mol. The van der Waals surface area contributed by atoms with Crippen LogP contribution in [0.5, 0.6) is 0 Å². The first kappa shape index (κ1) is 13.8. The number of aliphatic carboxylic acids is 1. The molecule has 6 nitrogen and oxygen atoms in total. The first-order valence-corrected chi connectivity index (χ1v) is 6.62. The summed E-state index contributed by atoms with van der Waals surface area (Å²) in [4.78, 5) is 30.0. The van der Waals surface area contributed by atoms with Gasteiger partial charge in [0.25, 0.3) is 5.91 Å². The van der Waals surface area contributed by atoms with E-state index in [1.165, 1.54) is 16.2 Å². The molecule has 1 N–H and O–H groups in total. The summed E-state index contributed by atoms with van der Waals surface area (Å²) in [5.41, 5.74) is -0.133. The Hall–Kier alpha value is -1.60. The van der Waals surface area contributed by atoms with E-state index in [-0.39, 0.29) is 18.0 Å². The van der Waals surface area contributed by atoms with Crippen molar-refractivity contribution in [2.75, 3.05) is 7.05 Å². The van der Waals surface area contributed by atoms with Crippen LogP contribution in [0.15, 0.2) is 17.3 Å². The monoisotopic (exact) mass is 302 g/mol. The molecule has 0 radical (unpaired) electrons. The molecule has 2 heterocycles. The Bertz CT molecular complexity index is 543. The van der Waals surface area contributed by atoms with Gasteiger partial charge in [-0.2, -0.15) is 0 Å². The standard InChI is InChI=1S/C11H11ClN2O4S/c1-14(5-6-2-3-9(12)19-6)10(15)8-4-7(11(16)17)13-18-8/h2-3,8H,4-5H2,1H3,(H,16,17). The van der Waals surface area contributed by atoms with Crippen LogP contribution in [0, 0.1) is 0 Å². The van der Waals surface area contributed by atoms with Crippen molar-refractivity contribution >= 4 is 40.5 Å². The van der Waals surface area contributed by atoms with E-state index in [0.717, 1.165) is 4.88 Å². The second-order valence-corrected chi connectivity index (χ2v) is 5.84. The van der Waals surface area contributed by atoms with Gasteiger partial charge in [0.05, 0.1) is 10.9 Å². The van der Waals surface area contributed by atoms with Crippen molar-refractivity contribution in [1.29, 1.82) is 0 Å². The lowest BCUT2D eigenvalue weighted by molar-refractivity contribution is -0.141. The number of carboxylic acids is 1. The molecule has 1 aromatic heterocycles. The number of hydrogen-bond donors (Lipinski definition) is 1. The average molecular weight is 303 g/mol.